The summed E-state index contributed by atoms with van der Waals surface area (Å²) < 4.78 is 74.4. The van der Waals surface area contributed by atoms with Crippen molar-refractivity contribution in [3.8, 4) is 16.5 Å². The van der Waals surface area contributed by atoms with Gasteiger partial charge < -0.3 is 15.0 Å². The quantitative estimate of drug-likeness (QED) is 0.360. The average molecular weight is 809 g/mol. The van der Waals surface area contributed by atoms with E-state index in [1.54, 1.807) is 24.9 Å². The van der Waals surface area contributed by atoms with Gasteiger partial charge in [-0.1, -0.05) is 12.2 Å². The number of nitrogens with zero attached hydrogens (tertiary/aromatic N) is 4. The van der Waals surface area contributed by atoms with Crippen LogP contribution in [0.4, 0.5) is 13.2 Å². The van der Waals surface area contributed by atoms with Crippen LogP contribution >= 0.6 is 23.1 Å². The number of nitrogens with one attached hydrogen (secondary N) is 2. The highest BCUT2D eigenvalue weighted by atomic mass is 32.2. The highest BCUT2D eigenvalue weighted by Crippen LogP contribution is 2.48. The Labute approximate surface area is 320 Å². The van der Waals surface area contributed by atoms with Gasteiger partial charge in [-0.2, -0.15) is 13.2 Å². The van der Waals surface area contributed by atoms with Crippen LogP contribution in [0.5, 0.6) is 5.75 Å². The number of rotatable bonds is 7. The van der Waals surface area contributed by atoms with Crippen molar-refractivity contribution in [3.05, 3.63) is 41.1 Å². The predicted octanol–water partition coefficient (Wildman–Crippen LogP) is 5.17. The maximum atomic E-state index is 14.4. The molecule has 18 heteroatoms. The van der Waals surface area contributed by atoms with Crippen molar-refractivity contribution in [2.45, 2.75) is 100 Å². The zero-order valence-electron chi connectivity index (χ0n) is 30.1. The molecule has 4 heterocycles. The number of ether oxygens (including phenoxy) is 1. The zero-order valence-corrected chi connectivity index (χ0v) is 32.6. The molecular formula is C36H43F3N6O6S3. The molecule has 292 valence electrons. The first kappa shape index (κ1) is 38.8. The van der Waals surface area contributed by atoms with Gasteiger partial charge >= 0.3 is 6.18 Å². The van der Waals surface area contributed by atoms with Crippen molar-refractivity contribution in [2.24, 2.45) is 22.7 Å². The molecule has 0 bridgehead atoms. The first-order chi connectivity index (χ1) is 25.5. The van der Waals surface area contributed by atoms with E-state index in [9.17, 15) is 36.0 Å². The van der Waals surface area contributed by atoms with E-state index in [4.69, 9.17) is 4.74 Å². The number of sulfonamides is 1. The van der Waals surface area contributed by atoms with Crippen LogP contribution in [0.15, 0.2) is 34.7 Å². The second-order valence-corrected chi connectivity index (χ2v) is 19.3. The summed E-state index contributed by atoms with van der Waals surface area (Å²) in [7, 11) is -2.27. The van der Waals surface area contributed by atoms with Crippen LogP contribution in [-0.4, -0.2) is 94.0 Å². The molecular weight excluding hydrogens is 766 g/mol. The number of aryl methyl sites for hydroxylation is 1. The van der Waals surface area contributed by atoms with Crippen LogP contribution in [-0.2, 0) is 24.4 Å². The lowest BCUT2D eigenvalue weighted by Gasteiger charge is -2.37. The number of thioether (sulfide) groups is 1. The molecule has 2 aromatic heterocycles. The predicted molar refractivity (Wildman–Crippen MR) is 198 cm³/mol. The fourth-order valence-corrected chi connectivity index (χ4v) is 10.4. The summed E-state index contributed by atoms with van der Waals surface area (Å²) in [5, 5.41) is 5.43. The minimum Gasteiger partial charge on any atom is -0.490 e. The lowest BCUT2D eigenvalue weighted by atomic mass is 9.76. The first-order valence-corrected chi connectivity index (χ1v) is 21.5. The maximum Gasteiger partial charge on any atom is 0.411 e. The van der Waals surface area contributed by atoms with Gasteiger partial charge in [0.15, 0.2) is 6.04 Å². The summed E-state index contributed by atoms with van der Waals surface area (Å²) in [6.07, 6.45) is 2.86. The standard InChI is InChI=1S/C36H43F3N6O6S3/c1-20-18-52-30(40-20)26-15-23(16-27(41-26)31-42-28(19-53-31)36(37,38)39)51-22-9-10-24-25(14-22)29(46)43-35(33(48)44-54(49,50)34(2)11-12-34)17-21(35)8-6-4-5-7-13-45(3)32(24)47/h6,8,15-16,18,21-22,24-25,28H,4-5,7,9-14,17,19H2,1-3H3,(H,43,46)(H,44,48)/b8-6-/t21-,22-,24+,25+,28?,35+/m0/s1. The highest BCUT2D eigenvalue weighted by molar-refractivity contribution is 8.14. The van der Waals surface area contributed by atoms with Crippen LogP contribution in [0.25, 0.3) is 10.7 Å². The number of pyridine rings is 1. The Morgan fingerprint density at radius 2 is 1.87 bits per heavy atom. The Bertz CT molecular complexity index is 2000. The molecule has 3 amide bonds. The summed E-state index contributed by atoms with van der Waals surface area (Å²) in [4.78, 5) is 56.7. The van der Waals surface area contributed by atoms with Crippen LogP contribution in [0.1, 0.15) is 76.1 Å². The van der Waals surface area contributed by atoms with Gasteiger partial charge in [-0.15, -0.1) is 23.1 Å². The molecule has 6 atom stereocenters. The first-order valence-electron chi connectivity index (χ1n) is 18.2. The molecule has 1 unspecified atom stereocenters. The SMILES string of the molecule is Cc1csc(-c2cc(O[C@H]3CC[C@H]4C(=O)N(C)CCCC/C=C\[C@H]5C[C@@]5(C(=O)NS(=O)(=O)C5(C)CC5)NC(=O)[C@@H]4C3)cc(C3=NC(C(F)(F)F)CS3)n2)n1. The molecule has 0 saturated heterocycles. The van der Waals surface area contributed by atoms with Crippen LogP contribution in [0, 0.1) is 24.7 Å². The fraction of sp³-hybridized carbons (Fsp3) is 0.611. The molecule has 3 aliphatic carbocycles. The molecule has 12 nitrogen and oxygen atoms in total. The van der Waals surface area contributed by atoms with Gasteiger partial charge in [0, 0.05) is 54.4 Å². The van der Waals surface area contributed by atoms with Crippen LogP contribution < -0.4 is 14.8 Å². The number of fused-ring (bicyclic) bond motifs is 2. The number of aliphatic imine (C=N–C) groups is 1. The Hall–Kier alpha value is -3.51. The van der Waals surface area contributed by atoms with Crippen molar-refractivity contribution < 1.29 is 40.7 Å². The van der Waals surface area contributed by atoms with Gasteiger partial charge in [0.25, 0.3) is 5.91 Å². The number of allylic oxidation sites excluding steroid dienone is 1. The average Bonchev–Trinajstić information content (AvgIpc) is 3.87. The molecule has 3 saturated carbocycles. The third kappa shape index (κ3) is 7.92. The third-order valence-corrected chi connectivity index (χ3v) is 15.3. The molecule has 5 aliphatic rings. The fourth-order valence-electron chi connectivity index (χ4n) is 7.30. The summed E-state index contributed by atoms with van der Waals surface area (Å²) in [6, 6.07) is 1.34. The number of alkyl halides is 3. The molecule has 0 aromatic carbocycles. The number of hydrogen-bond acceptors (Lipinski definition) is 11. The minimum absolute atomic E-state index is 0.0971. The highest BCUT2D eigenvalue weighted by Gasteiger charge is 2.63. The normalized spacial score (nSPS) is 30.6. The van der Waals surface area contributed by atoms with E-state index < -0.39 is 68.2 Å². The van der Waals surface area contributed by atoms with E-state index in [0.717, 1.165) is 30.3 Å². The topological polar surface area (TPSA) is 160 Å². The molecule has 2 aliphatic heterocycles. The monoisotopic (exact) mass is 808 g/mol. The number of carbonyl (C=O) groups excluding carboxylic acids is 3. The van der Waals surface area contributed by atoms with Gasteiger partial charge in [-0.05, 0) is 71.6 Å². The molecule has 54 heavy (non-hydrogen) atoms. The second kappa shape index (κ2) is 14.5. The Morgan fingerprint density at radius 3 is 2.56 bits per heavy atom. The lowest BCUT2D eigenvalue weighted by Crippen LogP contribution is -2.56. The van der Waals surface area contributed by atoms with Gasteiger partial charge in [-0.25, -0.2) is 18.4 Å². The van der Waals surface area contributed by atoms with Gasteiger partial charge in [0.1, 0.15) is 27.0 Å². The van der Waals surface area contributed by atoms with E-state index >= 15 is 0 Å². The third-order valence-electron chi connectivity index (χ3n) is 11.1. The van der Waals surface area contributed by atoms with Crippen molar-refractivity contribution in [3.63, 3.8) is 0 Å². The second-order valence-electron chi connectivity index (χ2n) is 15.3. The van der Waals surface area contributed by atoms with E-state index in [0.29, 0.717) is 55.1 Å². The maximum absolute atomic E-state index is 14.4. The lowest BCUT2D eigenvalue weighted by molar-refractivity contribution is -0.145. The molecule has 2 aromatic rings. The van der Waals surface area contributed by atoms with Gasteiger partial charge in [0.05, 0.1) is 22.5 Å². The Kier molecular flexibility index (Phi) is 10.4. The molecule has 3 fully saturated rings. The van der Waals surface area contributed by atoms with Crippen LogP contribution in [0.2, 0.25) is 0 Å². The Morgan fingerprint density at radius 1 is 1.11 bits per heavy atom. The van der Waals surface area contributed by atoms with Crippen molar-refractivity contribution in [1.29, 1.82) is 0 Å². The van der Waals surface area contributed by atoms with E-state index in [2.05, 4.69) is 25.0 Å². The van der Waals surface area contributed by atoms with E-state index in [1.165, 1.54) is 17.4 Å². The van der Waals surface area contributed by atoms with E-state index in [-0.39, 0.29) is 35.2 Å². The minimum atomic E-state index is -4.49. The number of thiazole rings is 1. The van der Waals surface area contributed by atoms with E-state index in [1.807, 2.05) is 24.5 Å². The van der Waals surface area contributed by atoms with Crippen molar-refractivity contribution in [2.75, 3.05) is 19.3 Å². The van der Waals surface area contributed by atoms with Gasteiger partial charge in [0.2, 0.25) is 21.8 Å². The molecule has 0 spiro atoms. The van der Waals surface area contributed by atoms with Gasteiger partial charge in [-0.3, -0.25) is 24.1 Å². The zero-order chi connectivity index (χ0) is 38.6. The summed E-state index contributed by atoms with van der Waals surface area (Å²) in [5.74, 6) is -3.54. The van der Waals surface area contributed by atoms with Crippen LogP contribution in [0.3, 0.4) is 0 Å². The number of amides is 3. The van der Waals surface area contributed by atoms with Crippen molar-refractivity contribution >= 4 is 55.9 Å². The molecule has 0 radical (unpaired) electrons. The summed E-state index contributed by atoms with van der Waals surface area (Å²) >= 11 is 2.29. The number of aromatic nitrogens is 2. The summed E-state index contributed by atoms with van der Waals surface area (Å²) in [5.41, 5.74) is -0.125. The van der Waals surface area contributed by atoms with Crippen molar-refractivity contribution in [1.82, 2.24) is 24.9 Å². The smallest absolute Gasteiger partial charge is 0.411 e. The largest absolute Gasteiger partial charge is 0.490 e. The number of halogens is 3. The number of carbonyl (C=O) groups is 3. The summed E-state index contributed by atoms with van der Waals surface area (Å²) in [6.45, 7) is 3.91. The molecule has 7 rings (SSSR count). The Balaban J connectivity index is 1.17. The molecule has 2 N–H and O–H groups in total. The number of hydrogen-bond donors (Lipinski definition) is 2.